The number of hydrogen-bond acceptors (Lipinski definition) is 20. The first-order chi connectivity index (χ1) is 20.7. The third kappa shape index (κ3) is 7.05. The van der Waals surface area contributed by atoms with Crippen molar-refractivity contribution in [1.29, 1.82) is 0 Å². The van der Waals surface area contributed by atoms with E-state index in [9.17, 15) is 66.4 Å². The van der Waals surface area contributed by atoms with Gasteiger partial charge in [0.05, 0.1) is 25.9 Å². The summed E-state index contributed by atoms with van der Waals surface area (Å²) in [6.45, 7) is -1.19. The molecule has 20 atom stereocenters. The van der Waals surface area contributed by atoms with Crippen LogP contribution >= 0.6 is 0 Å². The molecule has 0 aromatic heterocycles. The first-order valence-electron chi connectivity index (χ1n) is 14.0. The molecule has 19 unspecified atom stereocenters. The lowest BCUT2D eigenvalue weighted by Crippen LogP contribution is -2.67. The Labute approximate surface area is 249 Å². The van der Waals surface area contributed by atoms with E-state index in [-0.39, 0.29) is 0 Å². The maximum Gasteiger partial charge on any atom is 0.187 e. The van der Waals surface area contributed by atoms with Gasteiger partial charge in [0.15, 0.2) is 25.2 Å². The third-order valence-corrected chi connectivity index (χ3v) is 8.17. The van der Waals surface area contributed by atoms with Gasteiger partial charge in [0.2, 0.25) is 0 Å². The Morgan fingerprint density at radius 3 is 1.41 bits per heavy atom. The Bertz CT molecular complexity index is 886. The monoisotopic (exact) mass is 650 g/mol. The zero-order valence-corrected chi connectivity index (χ0v) is 23.3. The van der Waals surface area contributed by atoms with E-state index < -0.39 is 143 Å². The number of aliphatic hydroxyl groups is 13. The summed E-state index contributed by atoms with van der Waals surface area (Å²) in [5, 5.41) is 134. The van der Waals surface area contributed by atoms with E-state index in [4.69, 9.17) is 33.2 Å². The SMILES string of the molecule is CC1OC(O)[C@@H](O)C(OC2OC(CO)C(O)C(OC3OC(CO)C(O)C(O)C3OC3OC(CO)C(O)C(O)C3O)C2O)C1O. The molecule has 0 radical (unpaired) electrons. The van der Waals surface area contributed by atoms with Gasteiger partial charge in [-0.15, -0.1) is 0 Å². The molecule has 4 saturated heterocycles. The Balaban J connectivity index is 1.58. The summed E-state index contributed by atoms with van der Waals surface area (Å²) >= 11 is 0. The van der Waals surface area contributed by atoms with Crippen LogP contribution in [0.25, 0.3) is 0 Å². The van der Waals surface area contributed by atoms with Gasteiger partial charge in [0.25, 0.3) is 0 Å². The van der Waals surface area contributed by atoms with Crippen molar-refractivity contribution in [3.8, 4) is 0 Å². The lowest BCUT2D eigenvalue weighted by Gasteiger charge is -2.49. The number of ether oxygens (including phenoxy) is 7. The van der Waals surface area contributed by atoms with Crippen molar-refractivity contribution in [2.75, 3.05) is 19.8 Å². The van der Waals surface area contributed by atoms with Gasteiger partial charge in [-0.3, -0.25) is 0 Å². The molecule has 13 N–H and O–H groups in total. The van der Waals surface area contributed by atoms with Crippen LogP contribution in [0.5, 0.6) is 0 Å². The van der Waals surface area contributed by atoms with Crippen LogP contribution < -0.4 is 0 Å². The minimum Gasteiger partial charge on any atom is -0.394 e. The molecule has 0 saturated carbocycles. The standard InChI is InChI=1S/C24H42O20/c1-5-9(28)18(16(35)21(37)38-5)42-23-17(36)19(12(31)8(4-27)40-23)43-24-20(14(33)11(30)7(3-26)41-24)44-22-15(34)13(32)10(29)6(2-25)39-22/h5-37H,2-4H2,1H3/t5?,6?,7?,8?,9?,10?,11?,12?,13?,14?,15?,16-,17?,18?,19?,20?,21?,22?,23?,24?/m0/s1. The maximum atomic E-state index is 11.1. The van der Waals surface area contributed by atoms with Gasteiger partial charge in [-0.2, -0.15) is 0 Å². The number of hydrogen-bond donors (Lipinski definition) is 13. The molecule has 0 amide bonds. The van der Waals surface area contributed by atoms with Crippen molar-refractivity contribution in [3.63, 3.8) is 0 Å². The average Bonchev–Trinajstić information content (AvgIpc) is 3.00. The summed E-state index contributed by atoms with van der Waals surface area (Å²) < 4.78 is 38.1. The van der Waals surface area contributed by atoms with Gasteiger partial charge in [-0.25, -0.2) is 0 Å². The van der Waals surface area contributed by atoms with Crippen LogP contribution in [0.4, 0.5) is 0 Å². The Hall–Kier alpha value is -0.800. The van der Waals surface area contributed by atoms with Gasteiger partial charge in [-0.1, -0.05) is 0 Å². The molecule has 4 fully saturated rings. The third-order valence-electron chi connectivity index (χ3n) is 8.17. The van der Waals surface area contributed by atoms with Crippen molar-refractivity contribution in [2.24, 2.45) is 0 Å². The molecule has 20 heteroatoms. The number of rotatable bonds is 9. The van der Waals surface area contributed by atoms with Crippen LogP contribution in [0.2, 0.25) is 0 Å². The molecular weight excluding hydrogens is 608 g/mol. The Morgan fingerprint density at radius 1 is 0.409 bits per heavy atom. The molecule has 258 valence electrons. The number of aliphatic hydroxyl groups excluding tert-OH is 13. The lowest BCUT2D eigenvalue weighted by atomic mass is 9.95. The second-order valence-electron chi connectivity index (χ2n) is 11.1. The predicted octanol–water partition coefficient (Wildman–Crippen LogP) is -8.72. The van der Waals surface area contributed by atoms with Crippen molar-refractivity contribution in [2.45, 2.75) is 130 Å². The van der Waals surface area contributed by atoms with Gasteiger partial charge in [0, 0.05) is 0 Å². The van der Waals surface area contributed by atoms with E-state index in [0.717, 1.165) is 0 Å². The summed E-state index contributed by atoms with van der Waals surface area (Å²) in [4.78, 5) is 0. The van der Waals surface area contributed by atoms with Crippen molar-refractivity contribution < 1.29 is 99.5 Å². The van der Waals surface area contributed by atoms with Crippen LogP contribution in [0.3, 0.4) is 0 Å². The highest BCUT2D eigenvalue weighted by atomic mass is 16.8. The van der Waals surface area contributed by atoms with Crippen molar-refractivity contribution in [3.05, 3.63) is 0 Å². The van der Waals surface area contributed by atoms with Gasteiger partial charge in [0.1, 0.15) is 91.6 Å². The normalized spacial score (nSPS) is 53.9. The minimum absolute atomic E-state index is 0.819. The first kappa shape index (κ1) is 36.0. The topological polar surface area (TPSA) is 328 Å². The molecule has 4 heterocycles. The predicted molar refractivity (Wildman–Crippen MR) is 132 cm³/mol. The van der Waals surface area contributed by atoms with E-state index in [1.807, 2.05) is 0 Å². The average molecular weight is 651 g/mol. The summed E-state index contributed by atoms with van der Waals surface area (Å²) in [7, 11) is 0. The van der Waals surface area contributed by atoms with Crippen LogP contribution in [-0.2, 0) is 33.2 Å². The summed E-state index contributed by atoms with van der Waals surface area (Å²) in [6, 6.07) is 0. The molecular formula is C24H42O20. The fraction of sp³-hybridized carbons (Fsp3) is 1.00. The van der Waals surface area contributed by atoms with E-state index >= 15 is 0 Å². The Morgan fingerprint density at radius 2 is 0.841 bits per heavy atom. The highest BCUT2D eigenvalue weighted by Crippen LogP contribution is 2.34. The molecule has 0 bridgehead atoms. The smallest absolute Gasteiger partial charge is 0.187 e. The quantitative estimate of drug-likeness (QED) is 0.110. The summed E-state index contributed by atoms with van der Waals surface area (Å²) in [5.41, 5.74) is 0. The fourth-order valence-corrected chi connectivity index (χ4v) is 5.45. The molecule has 4 rings (SSSR count). The molecule has 0 aromatic rings. The van der Waals surface area contributed by atoms with Crippen LogP contribution in [0, 0.1) is 0 Å². The van der Waals surface area contributed by atoms with Crippen LogP contribution in [0.1, 0.15) is 6.92 Å². The largest absolute Gasteiger partial charge is 0.394 e. The Kier molecular flexibility index (Phi) is 12.3. The van der Waals surface area contributed by atoms with E-state index in [1.165, 1.54) is 6.92 Å². The first-order valence-corrected chi connectivity index (χ1v) is 14.0. The van der Waals surface area contributed by atoms with Crippen molar-refractivity contribution in [1.82, 2.24) is 0 Å². The maximum absolute atomic E-state index is 11.1. The summed E-state index contributed by atoms with van der Waals surface area (Å²) in [6.07, 6.45) is -34.8. The lowest BCUT2D eigenvalue weighted by molar-refractivity contribution is -0.395. The minimum atomic E-state index is -2.00. The fourth-order valence-electron chi connectivity index (χ4n) is 5.45. The van der Waals surface area contributed by atoms with E-state index in [1.54, 1.807) is 0 Å². The molecule has 0 aliphatic carbocycles. The second-order valence-corrected chi connectivity index (χ2v) is 11.1. The molecule has 4 aliphatic rings. The van der Waals surface area contributed by atoms with Gasteiger partial charge >= 0.3 is 0 Å². The van der Waals surface area contributed by atoms with E-state index in [0.29, 0.717) is 0 Å². The van der Waals surface area contributed by atoms with Crippen molar-refractivity contribution >= 4 is 0 Å². The zero-order chi connectivity index (χ0) is 32.6. The van der Waals surface area contributed by atoms with Gasteiger partial charge < -0.3 is 99.5 Å². The molecule has 0 spiro atoms. The van der Waals surface area contributed by atoms with Crippen LogP contribution in [0.15, 0.2) is 0 Å². The highest BCUT2D eigenvalue weighted by Gasteiger charge is 2.55. The highest BCUT2D eigenvalue weighted by molar-refractivity contribution is 4.97. The molecule has 4 aliphatic heterocycles. The van der Waals surface area contributed by atoms with Crippen LogP contribution in [-0.4, -0.2) is 209 Å². The molecule has 44 heavy (non-hydrogen) atoms. The van der Waals surface area contributed by atoms with E-state index in [2.05, 4.69) is 0 Å². The molecule has 0 aromatic carbocycles. The second kappa shape index (κ2) is 15.0. The zero-order valence-electron chi connectivity index (χ0n) is 23.3. The molecule has 20 nitrogen and oxygen atoms in total. The van der Waals surface area contributed by atoms with Gasteiger partial charge in [-0.05, 0) is 6.92 Å². The summed E-state index contributed by atoms with van der Waals surface area (Å²) in [5.74, 6) is 0.